The Balaban J connectivity index is 1.39. The minimum Gasteiger partial charge on any atom is -0.462 e. The number of nitrogens with one attached hydrogen (secondary N) is 2. The van der Waals surface area contributed by atoms with Gasteiger partial charge in [-0.15, -0.1) is 32.9 Å². The van der Waals surface area contributed by atoms with E-state index in [1.807, 2.05) is 0 Å². The maximum absolute atomic E-state index is 13.5. The van der Waals surface area contributed by atoms with Crippen LogP contribution in [0.1, 0.15) is 69.4 Å². The number of nitrogens with zero attached hydrogens (tertiary/aromatic N) is 4. The van der Waals surface area contributed by atoms with E-state index in [1.54, 1.807) is 48.1 Å². The van der Waals surface area contributed by atoms with E-state index in [-0.39, 0.29) is 30.7 Å². The second kappa shape index (κ2) is 14.1. The topological polar surface area (TPSA) is 158 Å². The summed E-state index contributed by atoms with van der Waals surface area (Å²) in [7, 11) is 0. The summed E-state index contributed by atoms with van der Waals surface area (Å²) < 4.78 is 7.00. The normalized spacial score (nSPS) is 13.4. The zero-order chi connectivity index (χ0) is 31.2. The van der Waals surface area contributed by atoms with Crippen LogP contribution in [-0.2, 0) is 28.9 Å². The van der Waals surface area contributed by atoms with E-state index in [0.717, 1.165) is 54.3 Å². The van der Waals surface area contributed by atoms with Gasteiger partial charge < -0.3 is 15.4 Å². The summed E-state index contributed by atoms with van der Waals surface area (Å²) in [5, 5.41) is 27.6. The minimum atomic E-state index is -0.665. The number of carbonyl (C=O) groups is 3. The van der Waals surface area contributed by atoms with Crippen LogP contribution in [0.25, 0.3) is 5.69 Å². The van der Waals surface area contributed by atoms with Crippen LogP contribution < -0.4 is 10.6 Å². The van der Waals surface area contributed by atoms with Gasteiger partial charge in [0.25, 0.3) is 11.6 Å². The number of amides is 2. The van der Waals surface area contributed by atoms with E-state index in [9.17, 15) is 24.5 Å². The number of benzene rings is 1. The number of aromatic nitrogens is 3. The number of aryl methyl sites for hydroxylation is 1. The predicted octanol–water partition coefficient (Wildman–Crippen LogP) is 5.79. The molecule has 3 aromatic heterocycles. The van der Waals surface area contributed by atoms with Crippen molar-refractivity contribution in [2.75, 3.05) is 11.9 Å². The molecule has 0 bridgehead atoms. The van der Waals surface area contributed by atoms with Crippen molar-refractivity contribution in [1.82, 2.24) is 20.1 Å². The molecule has 1 aromatic carbocycles. The monoisotopic (exact) mass is 654 g/mol. The van der Waals surface area contributed by atoms with Gasteiger partial charge >= 0.3 is 5.97 Å². The number of carbonyl (C=O) groups excluding carboxylic acids is 3. The van der Waals surface area contributed by atoms with Crippen LogP contribution in [0.4, 0.5) is 10.7 Å². The van der Waals surface area contributed by atoms with Gasteiger partial charge in [0, 0.05) is 22.7 Å². The number of nitro groups is 1. The van der Waals surface area contributed by atoms with E-state index in [2.05, 4.69) is 20.8 Å². The number of thiophene rings is 2. The molecular weight excluding hydrogens is 625 g/mol. The summed E-state index contributed by atoms with van der Waals surface area (Å²) >= 11 is 3.88. The van der Waals surface area contributed by atoms with Crippen molar-refractivity contribution in [3.63, 3.8) is 0 Å². The zero-order valence-electron chi connectivity index (χ0n) is 24.0. The first kappa shape index (κ1) is 31.3. The van der Waals surface area contributed by atoms with Gasteiger partial charge in [0.1, 0.15) is 5.00 Å². The van der Waals surface area contributed by atoms with E-state index in [0.29, 0.717) is 32.1 Å². The second-order valence-electron chi connectivity index (χ2n) is 9.91. The molecule has 44 heavy (non-hydrogen) atoms. The highest BCUT2D eigenvalue weighted by Gasteiger charge is 2.29. The van der Waals surface area contributed by atoms with E-state index in [1.165, 1.54) is 34.8 Å². The molecule has 15 heteroatoms. The Hall–Kier alpha value is -4.08. The summed E-state index contributed by atoms with van der Waals surface area (Å²) in [6.07, 6.45) is 4.73. The molecule has 0 unspecified atom stereocenters. The molecule has 2 N–H and O–H groups in total. The fourth-order valence-electron chi connectivity index (χ4n) is 4.80. The molecule has 2 amide bonds. The molecule has 1 aliphatic carbocycles. The Kier molecular flexibility index (Phi) is 10.1. The number of thioether (sulfide) groups is 1. The number of rotatable bonds is 11. The van der Waals surface area contributed by atoms with Gasteiger partial charge in [0.15, 0.2) is 11.0 Å². The summed E-state index contributed by atoms with van der Waals surface area (Å²) in [4.78, 5) is 51.4. The summed E-state index contributed by atoms with van der Waals surface area (Å²) in [5.74, 6) is -0.658. The number of hydrogen-bond acceptors (Lipinski definition) is 11. The first-order chi connectivity index (χ1) is 21.3. The molecule has 0 spiro atoms. The Morgan fingerprint density at radius 3 is 2.61 bits per heavy atom. The van der Waals surface area contributed by atoms with Crippen molar-refractivity contribution in [3.05, 3.63) is 78.6 Å². The number of esters is 1. The number of hydrogen-bond donors (Lipinski definition) is 2. The quantitative estimate of drug-likeness (QED) is 0.0671. The zero-order valence-corrected chi connectivity index (χ0v) is 26.5. The number of ether oxygens (including phenoxy) is 1. The van der Waals surface area contributed by atoms with Crippen molar-refractivity contribution >= 4 is 62.9 Å². The van der Waals surface area contributed by atoms with Gasteiger partial charge in [0.2, 0.25) is 5.91 Å². The average Bonchev–Trinajstić information content (AvgIpc) is 3.72. The molecule has 0 fully saturated rings. The lowest BCUT2D eigenvalue weighted by molar-refractivity contribution is -0.384. The Morgan fingerprint density at radius 1 is 1.14 bits per heavy atom. The number of non-ortho nitro benzene ring substituents is 1. The van der Waals surface area contributed by atoms with Gasteiger partial charge in [0.05, 0.1) is 33.8 Å². The Bertz CT molecular complexity index is 1670. The number of fused-ring (bicyclic) bond motifs is 1. The summed E-state index contributed by atoms with van der Waals surface area (Å²) in [6, 6.07) is 9.35. The predicted molar refractivity (Wildman–Crippen MR) is 169 cm³/mol. The van der Waals surface area contributed by atoms with Crippen molar-refractivity contribution < 1.29 is 24.0 Å². The molecule has 230 valence electrons. The lowest BCUT2D eigenvalue weighted by Crippen LogP contribution is -2.25. The van der Waals surface area contributed by atoms with Crippen LogP contribution in [-0.4, -0.2) is 49.3 Å². The fourth-order valence-corrected chi connectivity index (χ4v) is 7.61. The molecule has 12 nitrogen and oxygen atoms in total. The summed E-state index contributed by atoms with van der Waals surface area (Å²) in [6.45, 7) is 3.74. The molecule has 0 aliphatic heterocycles. The largest absolute Gasteiger partial charge is 0.462 e. The highest BCUT2D eigenvalue weighted by molar-refractivity contribution is 8.00. The lowest BCUT2D eigenvalue weighted by atomic mass is 10.1. The highest BCUT2D eigenvalue weighted by atomic mass is 32.2. The molecule has 3 heterocycles. The standard InChI is InChI=1S/C29H30N6O6S3/c1-3-41-28(38)24-20-8-5-4-6-9-21(20)44-27(24)31-25(36)17(2)43-29-33-32-23(16-30-26(37)22-10-7-15-42-22)34(29)18-11-13-19(14-12-18)35(39)40/h7,10-15,17H,3-6,8-9,16H2,1-2H3,(H,30,37)(H,31,36)/t17-/m1/s1. The number of anilines is 1. The van der Waals surface area contributed by atoms with Crippen molar-refractivity contribution in [2.24, 2.45) is 0 Å². The van der Waals surface area contributed by atoms with Crippen LogP contribution in [0.3, 0.4) is 0 Å². The SMILES string of the molecule is CCOC(=O)c1c(NC(=O)[C@@H](C)Sc2nnc(CNC(=O)c3cccs3)n2-c2ccc([N+](=O)[O-])cc2)sc2c1CCCCC2. The maximum Gasteiger partial charge on any atom is 0.341 e. The number of nitro benzene ring substituents is 1. The molecule has 0 saturated heterocycles. The molecule has 0 radical (unpaired) electrons. The third kappa shape index (κ3) is 7.00. The van der Waals surface area contributed by atoms with E-state index < -0.39 is 16.1 Å². The fraction of sp³-hybridized carbons (Fsp3) is 0.345. The summed E-state index contributed by atoms with van der Waals surface area (Å²) in [5.41, 5.74) is 1.86. The smallest absolute Gasteiger partial charge is 0.341 e. The first-order valence-corrected chi connectivity index (χ1v) is 16.6. The third-order valence-electron chi connectivity index (χ3n) is 6.96. The van der Waals surface area contributed by atoms with Crippen LogP contribution >= 0.6 is 34.4 Å². The third-order valence-corrected chi connectivity index (χ3v) is 10.1. The molecular formula is C29H30N6O6S3. The molecule has 5 rings (SSSR count). The van der Waals surface area contributed by atoms with E-state index >= 15 is 0 Å². The Morgan fingerprint density at radius 2 is 1.91 bits per heavy atom. The van der Waals surface area contributed by atoms with Gasteiger partial charge in [-0.25, -0.2) is 4.79 Å². The van der Waals surface area contributed by atoms with Crippen LogP contribution in [0.2, 0.25) is 0 Å². The van der Waals surface area contributed by atoms with Crippen molar-refractivity contribution in [1.29, 1.82) is 0 Å². The van der Waals surface area contributed by atoms with Crippen LogP contribution in [0.15, 0.2) is 46.9 Å². The first-order valence-electron chi connectivity index (χ1n) is 14.1. The Labute approximate surface area is 265 Å². The van der Waals surface area contributed by atoms with Crippen LogP contribution in [0.5, 0.6) is 0 Å². The maximum atomic E-state index is 13.5. The van der Waals surface area contributed by atoms with Gasteiger partial charge in [-0.2, -0.15) is 0 Å². The second-order valence-corrected chi connectivity index (χ2v) is 13.3. The van der Waals surface area contributed by atoms with Crippen LogP contribution in [0, 0.1) is 10.1 Å². The molecule has 4 aromatic rings. The highest BCUT2D eigenvalue weighted by Crippen LogP contribution is 2.38. The van der Waals surface area contributed by atoms with Crippen molar-refractivity contribution in [2.45, 2.75) is 62.9 Å². The van der Waals surface area contributed by atoms with Crippen molar-refractivity contribution in [3.8, 4) is 5.69 Å². The minimum absolute atomic E-state index is 0.0332. The molecule has 1 atom stereocenters. The van der Waals surface area contributed by atoms with Gasteiger partial charge in [-0.3, -0.25) is 24.3 Å². The molecule has 1 aliphatic rings. The van der Waals surface area contributed by atoms with E-state index in [4.69, 9.17) is 4.74 Å². The lowest BCUT2D eigenvalue weighted by Gasteiger charge is -2.14. The van der Waals surface area contributed by atoms with Gasteiger partial charge in [-0.05, 0) is 68.7 Å². The molecule has 0 saturated carbocycles. The van der Waals surface area contributed by atoms with Gasteiger partial charge in [-0.1, -0.05) is 24.2 Å². The average molecular weight is 655 g/mol.